The molecule has 2 aromatic carbocycles. The predicted molar refractivity (Wildman–Crippen MR) is 150 cm³/mol. The van der Waals surface area contributed by atoms with E-state index in [0.717, 1.165) is 62.6 Å². The highest BCUT2D eigenvalue weighted by molar-refractivity contribution is 7.92. The Hall–Kier alpha value is -3.36. The van der Waals surface area contributed by atoms with Crippen LogP contribution >= 0.6 is 0 Å². The van der Waals surface area contributed by atoms with E-state index in [4.69, 9.17) is 9.90 Å². The molecule has 0 bridgehead atoms. The smallest absolute Gasteiger partial charge is 0.475 e. The summed E-state index contributed by atoms with van der Waals surface area (Å²) >= 11 is 0. The number of amides is 1. The fourth-order valence-corrected chi connectivity index (χ4v) is 5.62. The maximum Gasteiger partial charge on any atom is 0.490 e. The van der Waals surface area contributed by atoms with E-state index in [2.05, 4.69) is 26.8 Å². The molecule has 0 aliphatic carbocycles. The highest BCUT2D eigenvalue weighted by Gasteiger charge is 2.38. The number of sulfonamides is 1. The second-order valence-corrected chi connectivity index (χ2v) is 11.5. The van der Waals surface area contributed by atoms with Gasteiger partial charge < -0.3 is 25.1 Å². The summed E-state index contributed by atoms with van der Waals surface area (Å²) in [5, 5.41) is 10.5. The lowest BCUT2D eigenvalue weighted by Crippen LogP contribution is -2.48. The van der Waals surface area contributed by atoms with Crippen molar-refractivity contribution in [2.75, 3.05) is 68.5 Å². The van der Waals surface area contributed by atoms with E-state index in [0.29, 0.717) is 24.3 Å². The number of aliphatic carboxylic acids is 1. The molecule has 2 aromatic rings. The van der Waals surface area contributed by atoms with E-state index in [1.165, 1.54) is 0 Å². The van der Waals surface area contributed by atoms with E-state index in [1.54, 1.807) is 18.2 Å². The first kappa shape index (κ1) is 32.2. The van der Waals surface area contributed by atoms with Crippen molar-refractivity contribution in [3.63, 3.8) is 0 Å². The molecule has 10 nitrogen and oxygen atoms in total. The van der Waals surface area contributed by atoms with Gasteiger partial charge >= 0.3 is 12.1 Å². The zero-order valence-corrected chi connectivity index (χ0v) is 24.1. The number of nitrogens with one attached hydrogen (secondary N) is 2. The van der Waals surface area contributed by atoms with E-state index in [-0.39, 0.29) is 10.8 Å². The number of hydrogen-bond acceptors (Lipinski definition) is 7. The molecule has 2 aliphatic heterocycles. The fourth-order valence-electron chi connectivity index (χ4n) is 4.47. The third kappa shape index (κ3) is 8.57. The monoisotopic (exact) mass is 599 g/mol. The fraction of sp³-hybridized carbons (Fsp3) is 0.481. The molecule has 14 heteroatoms. The van der Waals surface area contributed by atoms with E-state index in [1.807, 2.05) is 36.9 Å². The number of carbonyl (C=O) groups is 2. The summed E-state index contributed by atoms with van der Waals surface area (Å²) in [6.45, 7) is 13.2. The number of nitrogens with zero attached hydrogens (tertiary/aromatic N) is 3. The minimum Gasteiger partial charge on any atom is -0.475 e. The zero-order chi connectivity index (χ0) is 30.4. The Bertz CT molecular complexity index is 1340. The standard InChI is InChI=1S/C25H35N5O3S.C2HF3O2/c1-4-28-13-15-30(16-14-28)25(31)21-6-8-24(29-11-9-26-10-12-29)23(18-21)27-34(32,33)22-7-5-19(2)20(3)17-22;3-2(4,5)1(6)7/h5-8,17-18,26-27H,4,9-16H2,1-3H3;(H,6,7). The van der Waals surface area contributed by atoms with Gasteiger partial charge in [0.1, 0.15) is 0 Å². The molecular weight excluding hydrogens is 563 g/mol. The number of carbonyl (C=O) groups excluding carboxylic acids is 1. The van der Waals surface area contributed by atoms with Gasteiger partial charge in [-0.1, -0.05) is 13.0 Å². The number of halogens is 3. The van der Waals surface area contributed by atoms with Crippen molar-refractivity contribution in [1.82, 2.24) is 15.1 Å². The Kier molecular flexibility index (Phi) is 10.6. The number of carboxylic acid groups (broad SMARTS) is 1. The van der Waals surface area contributed by atoms with Crippen molar-refractivity contribution in [3.05, 3.63) is 53.1 Å². The summed E-state index contributed by atoms with van der Waals surface area (Å²) in [6, 6.07) is 10.5. The number of carboxylic acids is 1. The number of aryl methyl sites for hydroxylation is 2. The molecule has 0 spiro atoms. The second-order valence-electron chi connectivity index (χ2n) is 9.85. The molecule has 1 amide bonds. The number of anilines is 2. The number of hydrogen-bond donors (Lipinski definition) is 3. The van der Waals surface area contributed by atoms with E-state index < -0.39 is 22.2 Å². The Morgan fingerprint density at radius 2 is 1.56 bits per heavy atom. The van der Waals surface area contributed by atoms with Crippen LogP contribution in [0.5, 0.6) is 0 Å². The minimum absolute atomic E-state index is 0.0609. The Morgan fingerprint density at radius 3 is 2.10 bits per heavy atom. The van der Waals surface area contributed by atoms with Crippen LogP contribution in [0.25, 0.3) is 0 Å². The van der Waals surface area contributed by atoms with Crippen molar-refractivity contribution in [1.29, 1.82) is 0 Å². The summed E-state index contributed by atoms with van der Waals surface area (Å²) in [6.07, 6.45) is -5.08. The molecule has 3 N–H and O–H groups in total. The van der Waals surface area contributed by atoms with E-state index >= 15 is 0 Å². The van der Waals surface area contributed by atoms with Crippen molar-refractivity contribution < 1.29 is 36.3 Å². The first-order chi connectivity index (χ1) is 19.2. The highest BCUT2D eigenvalue weighted by Crippen LogP contribution is 2.31. The van der Waals surface area contributed by atoms with Crippen LogP contribution in [0.3, 0.4) is 0 Å². The first-order valence-corrected chi connectivity index (χ1v) is 14.7. The van der Waals surface area contributed by atoms with Crippen LogP contribution in [-0.2, 0) is 14.8 Å². The molecule has 0 saturated carbocycles. The van der Waals surface area contributed by atoms with Crippen LogP contribution in [0.4, 0.5) is 24.5 Å². The van der Waals surface area contributed by atoms with Crippen LogP contribution in [0.1, 0.15) is 28.4 Å². The van der Waals surface area contributed by atoms with E-state index in [9.17, 15) is 26.4 Å². The molecule has 2 heterocycles. The summed E-state index contributed by atoms with van der Waals surface area (Å²) in [5.74, 6) is -2.82. The molecule has 2 fully saturated rings. The van der Waals surface area contributed by atoms with Crippen molar-refractivity contribution in [2.45, 2.75) is 31.8 Å². The Morgan fingerprint density at radius 1 is 0.951 bits per heavy atom. The van der Waals surface area contributed by atoms with Gasteiger partial charge in [-0.3, -0.25) is 9.52 Å². The summed E-state index contributed by atoms with van der Waals surface area (Å²) in [5.41, 5.74) is 3.69. The maximum atomic E-state index is 13.3. The summed E-state index contributed by atoms with van der Waals surface area (Å²) < 4.78 is 61.1. The van der Waals surface area contributed by atoms with Gasteiger partial charge in [0.25, 0.3) is 15.9 Å². The Labute approximate surface area is 238 Å². The van der Waals surface area contributed by atoms with Gasteiger partial charge in [0.15, 0.2) is 0 Å². The van der Waals surface area contributed by atoms with Crippen molar-refractivity contribution in [2.24, 2.45) is 0 Å². The van der Waals surface area contributed by atoms with Crippen molar-refractivity contribution in [3.8, 4) is 0 Å². The quantitative estimate of drug-likeness (QED) is 0.464. The maximum absolute atomic E-state index is 13.3. The second kappa shape index (κ2) is 13.5. The molecule has 0 radical (unpaired) electrons. The van der Waals surface area contributed by atoms with Gasteiger partial charge in [-0.15, -0.1) is 0 Å². The highest BCUT2D eigenvalue weighted by atomic mass is 32.2. The number of benzene rings is 2. The predicted octanol–water partition coefficient (Wildman–Crippen LogP) is 2.92. The summed E-state index contributed by atoms with van der Waals surface area (Å²) in [7, 11) is -3.82. The molecule has 0 aromatic heterocycles. The number of likely N-dealkylation sites (N-methyl/N-ethyl adjacent to an activating group) is 1. The first-order valence-electron chi connectivity index (χ1n) is 13.2. The molecule has 226 valence electrons. The molecule has 2 aliphatic rings. The third-order valence-electron chi connectivity index (χ3n) is 7.08. The van der Waals surface area contributed by atoms with Gasteiger partial charge in [-0.05, 0) is 61.9 Å². The van der Waals surface area contributed by atoms with Crippen LogP contribution in [0.15, 0.2) is 41.3 Å². The Balaban J connectivity index is 0.000000587. The van der Waals surface area contributed by atoms with Gasteiger partial charge in [0.05, 0.1) is 16.3 Å². The molecule has 41 heavy (non-hydrogen) atoms. The average molecular weight is 600 g/mol. The number of piperazine rings is 2. The molecule has 4 rings (SSSR count). The average Bonchev–Trinajstić information content (AvgIpc) is 2.94. The molecule has 0 unspecified atom stereocenters. The molecule has 0 atom stereocenters. The normalized spacial score (nSPS) is 16.5. The zero-order valence-electron chi connectivity index (χ0n) is 23.3. The lowest BCUT2D eigenvalue weighted by Gasteiger charge is -2.34. The topological polar surface area (TPSA) is 122 Å². The summed E-state index contributed by atoms with van der Waals surface area (Å²) in [4.78, 5) is 28.7. The van der Waals surface area contributed by atoms with Crippen molar-refractivity contribution >= 4 is 33.3 Å². The van der Waals surface area contributed by atoms with Gasteiger partial charge in [0, 0.05) is 57.9 Å². The number of rotatable bonds is 6. The van der Waals surface area contributed by atoms with Gasteiger partial charge in [-0.2, -0.15) is 13.2 Å². The largest absolute Gasteiger partial charge is 0.490 e. The lowest BCUT2D eigenvalue weighted by molar-refractivity contribution is -0.192. The van der Waals surface area contributed by atoms with Gasteiger partial charge in [-0.25, -0.2) is 13.2 Å². The molecule has 2 saturated heterocycles. The van der Waals surface area contributed by atoms with Crippen LogP contribution < -0.4 is 14.9 Å². The van der Waals surface area contributed by atoms with Gasteiger partial charge in [0.2, 0.25) is 0 Å². The van der Waals surface area contributed by atoms with Crippen LogP contribution in [0.2, 0.25) is 0 Å². The SMILES string of the molecule is CCN1CCN(C(=O)c2ccc(N3CCNCC3)c(NS(=O)(=O)c3ccc(C)c(C)c3)c2)CC1.O=C(O)C(F)(F)F. The molecular formula is C27H36F3N5O5S. The minimum atomic E-state index is -5.08. The third-order valence-corrected chi connectivity index (χ3v) is 8.45. The van der Waals surface area contributed by atoms with Crippen LogP contribution in [0, 0.1) is 13.8 Å². The van der Waals surface area contributed by atoms with Crippen LogP contribution in [-0.4, -0.2) is 100 Å². The lowest BCUT2D eigenvalue weighted by atomic mass is 10.1. The number of alkyl halides is 3.